The Bertz CT molecular complexity index is 472. The number of hydrogen-bond donors (Lipinski definition) is 2. The summed E-state index contributed by atoms with van der Waals surface area (Å²) in [7, 11) is 0. The maximum Gasteiger partial charge on any atom is 0.234 e. The van der Waals surface area contributed by atoms with E-state index in [-0.39, 0.29) is 11.7 Å². The van der Waals surface area contributed by atoms with Crippen LogP contribution in [-0.2, 0) is 4.79 Å². The smallest absolute Gasteiger partial charge is 0.234 e. The molecule has 0 unspecified atom stereocenters. The highest BCUT2D eigenvalue weighted by Crippen LogP contribution is 2.17. The predicted octanol–water partition coefficient (Wildman–Crippen LogP) is 1.78. The molecule has 0 aliphatic carbocycles. The van der Waals surface area contributed by atoms with E-state index in [1.807, 2.05) is 6.07 Å². The van der Waals surface area contributed by atoms with Crippen LogP contribution in [0.4, 0.5) is 5.69 Å². The van der Waals surface area contributed by atoms with Gasteiger partial charge >= 0.3 is 0 Å². The highest BCUT2D eigenvalue weighted by molar-refractivity contribution is 7.99. The Kier molecular flexibility index (Phi) is 4.99. The number of para-hydroxylation sites is 1. The first-order valence-electron chi connectivity index (χ1n) is 6.35. The van der Waals surface area contributed by atoms with Crippen molar-refractivity contribution in [2.24, 2.45) is 5.92 Å². The van der Waals surface area contributed by atoms with E-state index in [4.69, 9.17) is 0 Å². The number of nitrogens with one attached hydrogen (secondary N) is 2. The molecule has 1 aliphatic heterocycles. The van der Waals surface area contributed by atoms with Crippen LogP contribution in [0.2, 0.25) is 0 Å². The monoisotopic (exact) mass is 278 g/mol. The van der Waals surface area contributed by atoms with Gasteiger partial charge in [0.15, 0.2) is 5.78 Å². The molecule has 4 nitrogen and oxygen atoms in total. The van der Waals surface area contributed by atoms with Crippen molar-refractivity contribution in [3.05, 3.63) is 29.8 Å². The molecule has 0 spiro atoms. The minimum atomic E-state index is -0.0500. The van der Waals surface area contributed by atoms with E-state index in [2.05, 4.69) is 10.6 Å². The van der Waals surface area contributed by atoms with Gasteiger partial charge in [0.25, 0.3) is 0 Å². The molecule has 1 aromatic carbocycles. The van der Waals surface area contributed by atoms with Gasteiger partial charge in [-0.15, -0.1) is 0 Å². The Hall–Kier alpha value is -1.33. The fraction of sp³-hybridized carbons (Fsp3) is 0.429. The first-order valence-corrected chi connectivity index (χ1v) is 7.50. The number of thioether (sulfide) groups is 1. The second-order valence-electron chi connectivity index (χ2n) is 4.69. The van der Waals surface area contributed by atoms with Crippen molar-refractivity contribution in [1.29, 1.82) is 0 Å². The first kappa shape index (κ1) is 14.1. The van der Waals surface area contributed by atoms with E-state index in [9.17, 15) is 9.59 Å². The molecule has 1 amide bonds. The number of hydrogen-bond acceptors (Lipinski definition) is 4. The third-order valence-electron chi connectivity index (χ3n) is 3.03. The summed E-state index contributed by atoms with van der Waals surface area (Å²) in [5, 5.41) is 6.01. The standard InChI is InChI=1S/C14H18N2O2S/c1-10(17)12-4-2-3-5-13(12)16-14(18)9-19-8-11-6-15-7-11/h2-5,11,15H,6-9H2,1H3,(H,16,18). The number of benzene rings is 1. The van der Waals surface area contributed by atoms with Crippen LogP contribution in [0.15, 0.2) is 24.3 Å². The van der Waals surface area contributed by atoms with Gasteiger partial charge in [0.2, 0.25) is 5.91 Å². The van der Waals surface area contributed by atoms with Gasteiger partial charge in [0.05, 0.1) is 11.4 Å². The molecule has 0 aromatic heterocycles. The maximum atomic E-state index is 11.8. The third-order valence-corrected chi connectivity index (χ3v) is 4.21. The Morgan fingerprint density at radius 1 is 1.37 bits per heavy atom. The molecule has 1 fully saturated rings. The van der Waals surface area contributed by atoms with Gasteiger partial charge in [-0.05, 0) is 43.8 Å². The number of amides is 1. The van der Waals surface area contributed by atoms with Crippen LogP contribution in [0.5, 0.6) is 0 Å². The lowest BCUT2D eigenvalue weighted by Gasteiger charge is -2.26. The van der Waals surface area contributed by atoms with E-state index in [1.165, 1.54) is 6.92 Å². The number of ketones is 1. The minimum absolute atomic E-state index is 0.0379. The normalized spacial score (nSPS) is 14.8. The summed E-state index contributed by atoms with van der Waals surface area (Å²) in [6.45, 7) is 3.62. The Morgan fingerprint density at radius 3 is 2.74 bits per heavy atom. The predicted molar refractivity (Wildman–Crippen MR) is 78.8 cm³/mol. The first-order chi connectivity index (χ1) is 9.16. The number of Topliss-reactive ketones (excluding diaryl/α,β-unsaturated/α-hetero) is 1. The minimum Gasteiger partial charge on any atom is -0.325 e. The molecule has 1 aromatic rings. The summed E-state index contributed by atoms with van der Waals surface area (Å²) in [5.41, 5.74) is 1.16. The quantitative estimate of drug-likeness (QED) is 0.779. The van der Waals surface area contributed by atoms with Gasteiger partial charge in [-0.3, -0.25) is 9.59 Å². The molecule has 19 heavy (non-hydrogen) atoms. The van der Waals surface area contributed by atoms with Crippen molar-refractivity contribution in [2.45, 2.75) is 6.92 Å². The van der Waals surface area contributed by atoms with Crippen LogP contribution in [0.3, 0.4) is 0 Å². The zero-order valence-corrected chi connectivity index (χ0v) is 11.8. The zero-order valence-electron chi connectivity index (χ0n) is 10.9. The van der Waals surface area contributed by atoms with Crippen molar-refractivity contribution in [2.75, 3.05) is 29.9 Å². The molecule has 1 aliphatic rings. The summed E-state index contributed by atoms with van der Waals surface area (Å²) in [5.74, 6) is 2.05. The molecule has 1 heterocycles. The van der Waals surface area contributed by atoms with Crippen molar-refractivity contribution < 1.29 is 9.59 Å². The number of rotatable bonds is 6. The fourth-order valence-corrected chi connectivity index (χ4v) is 2.81. The van der Waals surface area contributed by atoms with E-state index < -0.39 is 0 Å². The van der Waals surface area contributed by atoms with Gasteiger partial charge < -0.3 is 10.6 Å². The van der Waals surface area contributed by atoms with Gasteiger partial charge in [-0.1, -0.05) is 12.1 Å². The lowest BCUT2D eigenvalue weighted by atomic mass is 10.1. The van der Waals surface area contributed by atoms with Crippen molar-refractivity contribution in [3.8, 4) is 0 Å². The fourth-order valence-electron chi connectivity index (χ4n) is 1.87. The third kappa shape index (κ3) is 4.08. The van der Waals surface area contributed by atoms with E-state index >= 15 is 0 Å². The van der Waals surface area contributed by atoms with Crippen molar-refractivity contribution in [3.63, 3.8) is 0 Å². The van der Waals surface area contributed by atoms with Crippen molar-refractivity contribution >= 4 is 29.1 Å². The summed E-state index contributed by atoms with van der Waals surface area (Å²) in [6, 6.07) is 7.10. The SMILES string of the molecule is CC(=O)c1ccccc1NC(=O)CSCC1CNC1. The molecule has 0 saturated carbocycles. The lowest BCUT2D eigenvalue weighted by molar-refractivity contribution is -0.113. The molecule has 5 heteroatoms. The van der Waals surface area contributed by atoms with Crippen LogP contribution in [0, 0.1) is 5.92 Å². The van der Waals surface area contributed by atoms with Gasteiger partial charge in [0, 0.05) is 5.56 Å². The zero-order chi connectivity index (χ0) is 13.7. The Balaban J connectivity index is 1.82. The van der Waals surface area contributed by atoms with Crippen LogP contribution in [0.1, 0.15) is 17.3 Å². The second-order valence-corrected chi connectivity index (χ2v) is 5.72. The molecule has 2 N–H and O–H groups in total. The topological polar surface area (TPSA) is 58.2 Å². The van der Waals surface area contributed by atoms with E-state index in [1.54, 1.807) is 30.0 Å². The number of anilines is 1. The Morgan fingerprint density at radius 2 is 2.11 bits per heavy atom. The second kappa shape index (κ2) is 6.73. The van der Waals surface area contributed by atoms with E-state index in [0.717, 1.165) is 18.8 Å². The largest absolute Gasteiger partial charge is 0.325 e. The molecule has 0 atom stereocenters. The van der Waals surface area contributed by atoms with Crippen molar-refractivity contribution in [1.82, 2.24) is 5.32 Å². The van der Waals surface area contributed by atoms with E-state index in [0.29, 0.717) is 22.9 Å². The molecular weight excluding hydrogens is 260 g/mol. The molecule has 102 valence electrons. The van der Waals surface area contributed by atoms with Gasteiger partial charge in [-0.2, -0.15) is 11.8 Å². The highest BCUT2D eigenvalue weighted by atomic mass is 32.2. The molecule has 1 saturated heterocycles. The summed E-state index contributed by atoms with van der Waals surface area (Å²) >= 11 is 1.64. The lowest BCUT2D eigenvalue weighted by Crippen LogP contribution is -2.43. The number of carbonyl (C=O) groups is 2. The van der Waals surface area contributed by atoms with Crippen LogP contribution < -0.4 is 10.6 Å². The van der Waals surface area contributed by atoms with Crippen LogP contribution in [-0.4, -0.2) is 36.3 Å². The molecule has 0 radical (unpaired) electrons. The molecule has 0 bridgehead atoms. The molecular formula is C14H18N2O2S. The molecule has 2 rings (SSSR count). The Labute approximate surface area is 117 Å². The van der Waals surface area contributed by atoms with Gasteiger partial charge in [-0.25, -0.2) is 0 Å². The summed E-state index contributed by atoms with van der Waals surface area (Å²) < 4.78 is 0. The van der Waals surface area contributed by atoms with Crippen LogP contribution >= 0.6 is 11.8 Å². The van der Waals surface area contributed by atoms with Gasteiger partial charge in [0.1, 0.15) is 0 Å². The maximum absolute atomic E-state index is 11.8. The van der Waals surface area contributed by atoms with Crippen LogP contribution in [0.25, 0.3) is 0 Å². The number of carbonyl (C=O) groups excluding carboxylic acids is 2. The summed E-state index contributed by atoms with van der Waals surface area (Å²) in [4.78, 5) is 23.3. The average molecular weight is 278 g/mol. The average Bonchev–Trinajstić information content (AvgIpc) is 2.32. The summed E-state index contributed by atoms with van der Waals surface area (Å²) in [6.07, 6.45) is 0. The highest BCUT2D eigenvalue weighted by Gasteiger charge is 2.17.